The highest BCUT2D eigenvalue weighted by molar-refractivity contribution is 6.37. The third-order valence-corrected chi connectivity index (χ3v) is 5.49. The summed E-state index contributed by atoms with van der Waals surface area (Å²) in [4.78, 5) is 0. The first-order chi connectivity index (χ1) is 5.90. The zero-order valence-corrected chi connectivity index (χ0v) is 9.38. The Hall–Kier alpha value is 0.207. The van der Waals surface area contributed by atoms with Crippen LogP contribution in [0.25, 0.3) is 0 Å². The van der Waals surface area contributed by atoms with Gasteiger partial charge in [-0.1, -0.05) is 23.8 Å². The summed E-state index contributed by atoms with van der Waals surface area (Å²) in [5, 5.41) is 0. The van der Waals surface area contributed by atoms with Gasteiger partial charge >= 0.3 is 0 Å². The van der Waals surface area contributed by atoms with Crippen molar-refractivity contribution in [1.82, 2.24) is 0 Å². The van der Waals surface area contributed by atoms with Crippen LogP contribution in [-0.2, 0) is 4.74 Å². The highest BCUT2D eigenvalue weighted by atomic mass is 35.5. The van der Waals surface area contributed by atoms with Crippen molar-refractivity contribution in [3.05, 3.63) is 12.2 Å². The maximum Gasteiger partial charge on any atom is 0.120 e. The van der Waals surface area contributed by atoms with E-state index in [1.165, 1.54) is 12.8 Å². The molecule has 0 saturated heterocycles. The standard InChI is InChI=1S/C9H15ClOSi/c10-5-11-6-12-9-4-7-1-2-8(9)3-7/h1-2,7-9H,3-6,12H2. The van der Waals surface area contributed by atoms with Gasteiger partial charge in [0.05, 0.1) is 9.52 Å². The van der Waals surface area contributed by atoms with E-state index in [1.54, 1.807) is 0 Å². The predicted molar refractivity (Wildman–Crippen MR) is 54.3 cm³/mol. The number of ether oxygens (including phenoxy) is 1. The van der Waals surface area contributed by atoms with E-state index in [2.05, 4.69) is 12.2 Å². The van der Waals surface area contributed by atoms with Crippen molar-refractivity contribution < 1.29 is 4.74 Å². The third kappa shape index (κ3) is 1.75. The van der Waals surface area contributed by atoms with Gasteiger partial charge in [0, 0.05) is 6.23 Å². The minimum absolute atomic E-state index is 0.00917. The molecule has 12 heavy (non-hydrogen) atoms. The van der Waals surface area contributed by atoms with Crippen molar-refractivity contribution in [2.45, 2.75) is 18.4 Å². The molecular weight excluding hydrogens is 188 g/mol. The van der Waals surface area contributed by atoms with E-state index < -0.39 is 0 Å². The lowest BCUT2D eigenvalue weighted by Crippen LogP contribution is -2.14. The fourth-order valence-electron chi connectivity index (χ4n) is 2.52. The first-order valence-corrected chi connectivity index (χ1v) is 7.07. The van der Waals surface area contributed by atoms with Crippen LogP contribution in [0, 0.1) is 11.8 Å². The molecule has 3 unspecified atom stereocenters. The molecule has 0 aromatic rings. The van der Waals surface area contributed by atoms with Gasteiger partial charge in [0.1, 0.15) is 6.07 Å². The summed E-state index contributed by atoms with van der Waals surface area (Å²) in [6.07, 6.45) is 8.67. The Morgan fingerprint density at radius 3 is 2.92 bits per heavy atom. The number of fused-ring (bicyclic) bond motifs is 2. The Labute approximate surface area is 80.9 Å². The van der Waals surface area contributed by atoms with Crippen LogP contribution in [0.15, 0.2) is 12.2 Å². The van der Waals surface area contributed by atoms with Crippen LogP contribution < -0.4 is 0 Å². The summed E-state index contributed by atoms with van der Waals surface area (Å²) >= 11 is 5.45. The van der Waals surface area contributed by atoms with Gasteiger partial charge in [-0.2, -0.15) is 0 Å². The maximum atomic E-state index is 5.45. The molecule has 0 aromatic heterocycles. The van der Waals surface area contributed by atoms with Crippen molar-refractivity contribution in [3.8, 4) is 0 Å². The van der Waals surface area contributed by atoms with Gasteiger partial charge in [-0.3, -0.25) is 0 Å². The normalized spacial score (nSPS) is 38.9. The molecule has 3 heteroatoms. The minimum atomic E-state index is -0.00917. The quantitative estimate of drug-likeness (QED) is 0.292. The molecule has 2 rings (SSSR count). The zero-order valence-electron chi connectivity index (χ0n) is 7.21. The fraction of sp³-hybridized carbons (Fsp3) is 0.778. The average Bonchev–Trinajstić information content (AvgIpc) is 2.65. The molecular formula is C9H15ClOSi. The second-order valence-corrected chi connectivity index (χ2v) is 6.10. The Bertz CT molecular complexity index is 183. The van der Waals surface area contributed by atoms with Crippen molar-refractivity contribution >= 4 is 21.1 Å². The molecule has 2 aliphatic carbocycles. The second-order valence-electron chi connectivity index (χ2n) is 3.85. The summed E-state index contributed by atoms with van der Waals surface area (Å²) in [7, 11) is -0.00917. The molecule has 0 heterocycles. The first kappa shape index (κ1) is 8.79. The van der Waals surface area contributed by atoms with Crippen LogP contribution in [-0.4, -0.2) is 21.8 Å². The summed E-state index contributed by atoms with van der Waals surface area (Å²) in [6.45, 7) is 0. The number of halogens is 1. The van der Waals surface area contributed by atoms with Gasteiger partial charge in [0.2, 0.25) is 0 Å². The molecule has 2 bridgehead atoms. The highest BCUT2D eigenvalue weighted by Crippen LogP contribution is 2.46. The SMILES string of the molecule is ClCOC[SiH2]C1CC2C=CC1C2. The third-order valence-electron chi connectivity index (χ3n) is 3.13. The molecule has 0 amide bonds. The average molecular weight is 203 g/mol. The highest BCUT2D eigenvalue weighted by Gasteiger charge is 2.34. The lowest BCUT2D eigenvalue weighted by molar-refractivity contribution is 0.228. The van der Waals surface area contributed by atoms with Crippen LogP contribution in [0.1, 0.15) is 12.8 Å². The monoisotopic (exact) mass is 202 g/mol. The van der Waals surface area contributed by atoms with E-state index in [4.69, 9.17) is 16.3 Å². The van der Waals surface area contributed by atoms with Gasteiger partial charge in [-0.15, -0.1) is 0 Å². The second kappa shape index (κ2) is 3.94. The smallest absolute Gasteiger partial charge is 0.120 e. The van der Waals surface area contributed by atoms with Gasteiger partial charge in [0.15, 0.2) is 0 Å². The van der Waals surface area contributed by atoms with Gasteiger partial charge < -0.3 is 4.74 Å². The zero-order chi connectivity index (χ0) is 8.39. The van der Waals surface area contributed by atoms with E-state index in [-0.39, 0.29) is 9.52 Å². The number of alkyl halides is 1. The molecule has 2 aliphatic rings. The van der Waals surface area contributed by atoms with E-state index in [9.17, 15) is 0 Å². The van der Waals surface area contributed by atoms with Crippen molar-refractivity contribution in [1.29, 1.82) is 0 Å². The van der Waals surface area contributed by atoms with Crippen molar-refractivity contribution in [3.63, 3.8) is 0 Å². The lowest BCUT2D eigenvalue weighted by Gasteiger charge is -2.16. The number of hydrogen-bond acceptors (Lipinski definition) is 1. The molecule has 1 nitrogen and oxygen atoms in total. The Balaban J connectivity index is 1.73. The molecule has 0 aliphatic heterocycles. The van der Waals surface area contributed by atoms with Crippen molar-refractivity contribution in [2.24, 2.45) is 11.8 Å². The van der Waals surface area contributed by atoms with Gasteiger partial charge in [-0.05, 0) is 30.2 Å². The fourth-order valence-corrected chi connectivity index (χ4v) is 4.86. The first-order valence-electron chi connectivity index (χ1n) is 4.72. The van der Waals surface area contributed by atoms with Gasteiger partial charge in [-0.25, -0.2) is 0 Å². The van der Waals surface area contributed by atoms with E-state index in [1.807, 2.05) is 0 Å². The van der Waals surface area contributed by atoms with Crippen LogP contribution in [0.5, 0.6) is 0 Å². The minimum Gasteiger partial charge on any atom is -0.370 e. The molecule has 3 atom stereocenters. The van der Waals surface area contributed by atoms with Crippen LogP contribution >= 0.6 is 11.6 Å². The Morgan fingerprint density at radius 1 is 1.42 bits per heavy atom. The van der Waals surface area contributed by atoms with Crippen LogP contribution in [0.4, 0.5) is 0 Å². The molecule has 68 valence electrons. The summed E-state index contributed by atoms with van der Waals surface area (Å²) in [5.74, 6) is 1.84. The molecule has 0 spiro atoms. The molecule has 0 aromatic carbocycles. The van der Waals surface area contributed by atoms with Crippen LogP contribution in [0.3, 0.4) is 0 Å². The predicted octanol–water partition coefficient (Wildman–Crippen LogP) is 1.71. The number of allylic oxidation sites excluding steroid dienone is 2. The molecule has 1 fully saturated rings. The van der Waals surface area contributed by atoms with Crippen LogP contribution in [0.2, 0.25) is 5.54 Å². The molecule has 0 radical (unpaired) electrons. The molecule has 0 N–H and O–H groups in total. The number of hydrogen-bond donors (Lipinski definition) is 0. The van der Waals surface area contributed by atoms with E-state index in [0.29, 0.717) is 6.07 Å². The summed E-state index contributed by atoms with van der Waals surface area (Å²) < 4.78 is 5.21. The number of rotatable bonds is 4. The van der Waals surface area contributed by atoms with Gasteiger partial charge in [0.25, 0.3) is 0 Å². The summed E-state index contributed by atoms with van der Waals surface area (Å²) in [6, 6.07) is 0.379. The maximum absolute atomic E-state index is 5.45. The topological polar surface area (TPSA) is 9.23 Å². The Kier molecular flexibility index (Phi) is 2.89. The molecule has 1 saturated carbocycles. The lowest BCUT2D eigenvalue weighted by atomic mass is 10.1. The summed E-state index contributed by atoms with van der Waals surface area (Å²) in [5.41, 5.74) is 1.02. The van der Waals surface area contributed by atoms with E-state index >= 15 is 0 Å². The Morgan fingerprint density at radius 2 is 2.33 bits per heavy atom. The van der Waals surface area contributed by atoms with Crippen molar-refractivity contribution in [2.75, 3.05) is 12.3 Å². The largest absolute Gasteiger partial charge is 0.370 e. The van der Waals surface area contributed by atoms with E-state index in [0.717, 1.165) is 23.6 Å².